The number of anilines is 2. The summed E-state index contributed by atoms with van der Waals surface area (Å²) in [4.78, 5) is 23.9. The molecule has 0 aliphatic heterocycles. The fraction of sp³-hybridized carbons (Fsp3) is 0.222. The second kappa shape index (κ2) is 8.01. The van der Waals surface area contributed by atoms with Crippen LogP contribution in [0.15, 0.2) is 48.5 Å². The Balaban J connectivity index is 2.21. The van der Waals surface area contributed by atoms with Crippen molar-refractivity contribution in [2.45, 2.75) is 6.92 Å². The summed E-state index contributed by atoms with van der Waals surface area (Å²) in [7, 11) is -2.39. The molecular weight excluding hydrogens is 356 g/mol. The number of nitrogens with zero attached hydrogens (tertiary/aromatic N) is 1. The molecule has 0 fully saturated rings. The van der Waals surface area contributed by atoms with E-state index in [1.54, 1.807) is 49.4 Å². The molecule has 7 nitrogen and oxygen atoms in total. The van der Waals surface area contributed by atoms with Crippen LogP contribution in [0.25, 0.3) is 0 Å². The second-order valence-corrected chi connectivity index (χ2v) is 7.58. The molecule has 1 N–H and O–H groups in total. The lowest BCUT2D eigenvalue weighted by atomic mass is 10.2. The highest BCUT2D eigenvalue weighted by Gasteiger charge is 2.22. The van der Waals surface area contributed by atoms with E-state index in [0.29, 0.717) is 11.4 Å². The molecule has 0 aliphatic carbocycles. The lowest BCUT2D eigenvalue weighted by molar-refractivity contribution is -0.114. The number of esters is 1. The zero-order chi connectivity index (χ0) is 19.3. The van der Waals surface area contributed by atoms with E-state index in [-0.39, 0.29) is 12.1 Å². The Morgan fingerprint density at radius 3 is 2.42 bits per heavy atom. The highest BCUT2D eigenvalue weighted by molar-refractivity contribution is 7.92. The average Bonchev–Trinajstić information content (AvgIpc) is 2.59. The maximum absolute atomic E-state index is 12.4. The summed E-state index contributed by atoms with van der Waals surface area (Å²) in [5, 5.41) is 2.60. The maximum Gasteiger partial charge on any atom is 0.337 e. The molecule has 2 aromatic rings. The predicted molar refractivity (Wildman–Crippen MR) is 99.8 cm³/mol. The van der Waals surface area contributed by atoms with Crippen molar-refractivity contribution in [2.24, 2.45) is 0 Å². The molecule has 0 unspecified atom stereocenters. The van der Waals surface area contributed by atoms with Crippen molar-refractivity contribution in [1.29, 1.82) is 0 Å². The molecule has 8 heteroatoms. The SMILES string of the molecule is COC(=O)c1cccc(NC(=O)CN(c2ccccc2C)S(C)(=O)=O)c1. The number of para-hydroxylation sites is 1. The van der Waals surface area contributed by atoms with Gasteiger partial charge >= 0.3 is 5.97 Å². The number of carbonyl (C=O) groups excluding carboxylic acids is 2. The van der Waals surface area contributed by atoms with E-state index in [0.717, 1.165) is 16.1 Å². The monoisotopic (exact) mass is 376 g/mol. The third kappa shape index (κ3) is 4.82. The van der Waals surface area contributed by atoms with Crippen LogP contribution in [0, 0.1) is 6.92 Å². The maximum atomic E-state index is 12.4. The van der Waals surface area contributed by atoms with E-state index in [1.165, 1.54) is 13.2 Å². The molecule has 0 saturated heterocycles. The van der Waals surface area contributed by atoms with Crippen molar-refractivity contribution in [3.63, 3.8) is 0 Å². The molecule has 0 spiro atoms. The standard InChI is InChI=1S/C18H20N2O5S/c1-13-7-4-5-10-16(13)20(26(3,23)24)12-17(21)19-15-9-6-8-14(11-15)18(22)25-2/h4-11H,12H2,1-3H3,(H,19,21). The van der Waals surface area contributed by atoms with Crippen molar-refractivity contribution < 1.29 is 22.7 Å². The normalized spacial score (nSPS) is 10.9. The van der Waals surface area contributed by atoms with Gasteiger partial charge in [-0.15, -0.1) is 0 Å². The number of carbonyl (C=O) groups is 2. The van der Waals surface area contributed by atoms with Gasteiger partial charge in [-0.25, -0.2) is 13.2 Å². The van der Waals surface area contributed by atoms with Crippen LogP contribution in [0.4, 0.5) is 11.4 Å². The Hall–Kier alpha value is -2.87. The van der Waals surface area contributed by atoms with Gasteiger partial charge in [0.15, 0.2) is 0 Å². The van der Waals surface area contributed by atoms with Gasteiger partial charge in [0.2, 0.25) is 15.9 Å². The van der Waals surface area contributed by atoms with Crippen molar-refractivity contribution in [1.82, 2.24) is 0 Å². The number of hydrogen-bond donors (Lipinski definition) is 1. The van der Waals surface area contributed by atoms with E-state index in [4.69, 9.17) is 0 Å². The van der Waals surface area contributed by atoms with Crippen molar-refractivity contribution in [2.75, 3.05) is 29.5 Å². The number of hydrogen-bond acceptors (Lipinski definition) is 5. The third-order valence-electron chi connectivity index (χ3n) is 3.64. The summed E-state index contributed by atoms with van der Waals surface area (Å²) in [6, 6.07) is 13.1. The van der Waals surface area contributed by atoms with E-state index in [2.05, 4.69) is 10.1 Å². The van der Waals surface area contributed by atoms with Crippen molar-refractivity contribution >= 4 is 33.3 Å². The van der Waals surface area contributed by atoms with Crippen LogP contribution in [0.2, 0.25) is 0 Å². The average molecular weight is 376 g/mol. The Kier molecular flexibility index (Phi) is 5.99. The Labute approximate surface area is 152 Å². The van der Waals surface area contributed by atoms with Crippen molar-refractivity contribution in [3.05, 3.63) is 59.7 Å². The first-order valence-electron chi connectivity index (χ1n) is 7.74. The quantitative estimate of drug-likeness (QED) is 0.780. The molecular formula is C18H20N2O5S. The van der Waals surface area contributed by atoms with Gasteiger partial charge in [0.25, 0.3) is 0 Å². The Morgan fingerprint density at radius 2 is 1.81 bits per heavy atom. The highest BCUT2D eigenvalue weighted by atomic mass is 32.2. The molecule has 0 bridgehead atoms. The summed E-state index contributed by atoms with van der Waals surface area (Å²) in [5.41, 5.74) is 1.83. The first-order valence-corrected chi connectivity index (χ1v) is 9.59. The van der Waals surface area contributed by atoms with Gasteiger partial charge in [-0.3, -0.25) is 9.10 Å². The molecule has 0 aromatic heterocycles. The molecule has 0 saturated carbocycles. The largest absolute Gasteiger partial charge is 0.465 e. The number of rotatable bonds is 6. The smallest absolute Gasteiger partial charge is 0.337 e. The zero-order valence-electron chi connectivity index (χ0n) is 14.7. The van der Waals surface area contributed by atoms with Gasteiger partial charge in [-0.2, -0.15) is 0 Å². The molecule has 138 valence electrons. The van der Waals surface area contributed by atoms with Crippen LogP contribution < -0.4 is 9.62 Å². The minimum absolute atomic E-state index is 0.282. The number of methoxy groups -OCH3 is 1. The van der Waals surface area contributed by atoms with Gasteiger partial charge in [0.05, 0.1) is 24.6 Å². The van der Waals surface area contributed by atoms with E-state index in [9.17, 15) is 18.0 Å². The lowest BCUT2D eigenvalue weighted by Crippen LogP contribution is -2.37. The van der Waals surface area contributed by atoms with Crippen LogP contribution in [-0.4, -0.2) is 40.2 Å². The number of ether oxygens (including phenoxy) is 1. The number of benzene rings is 2. The lowest BCUT2D eigenvalue weighted by Gasteiger charge is -2.23. The van der Waals surface area contributed by atoms with Gasteiger partial charge < -0.3 is 10.1 Å². The summed E-state index contributed by atoms with van der Waals surface area (Å²) in [6.07, 6.45) is 1.05. The van der Waals surface area contributed by atoms with Crippen LogP contribution >= 0.6 is 0 Å². The van der Waals surface area contributed by atoms with Crippen LogP contribution in [-0.2, 0) is 19.6 Å². The Bertz CT molecular complexity index is 925. The summed E-state index contributed by atoms with van der Waals surface area (Å²) in [6.45, 7) is 1.39. The summed E-state index contributed by atoms with van der Waals surface area (Å²) >= 11 is 0. The summed E-state index contributed by atoms with van der Waals surface area (Å²) in [5.74, 6) is -1.06. The van der Waals surface area contributed by atoms with Crippen molar-refractivity contribution in [3.8, 4) is 0 Å². The van der Waals surface area contributed by atoms with E-state index < -0.39 is 21.9 Å². The number of nitrogens with one attached hydrogen (secondary N) is 1. The van der Waals surface area contributed by atoms with Gasteiger partial charge in [-0.1, -0.05) is 24.3 Å². The first-order chi connectivity index (χ1) is 12.2. The second-order valence-electron chi connectivity index (χ2n) is 5.68. The minimum atomic E-state index is -3.65. The molecule has 2 aromatic carbocycles. The van der Waals surface area contributed by atoms with Gasteiger partial charge in [0, 0.05) is 5.69 Å². The predicted octanol–water partition coefficient (Wildman–Crippen LogP) is 2.19. The number of aryl methyl sites for hydroxylation is 1. The van der Waals surface area contributed by atoms with Gasteiger partial charge in [-0.05, 0) is 36.8 Å². The zero-order valence-corrected chi connectivity index (χ0v) is 15.5. The number of sulfonamides is 1. The minimum Gasteiger partial charge on any atom is -0.465 e. The van der Waals surface area contributed by atoms with Gasteiger partial charge in [0.1, 0.15) is 6.54 Å². The molecule has 2 rings (SSSR count). The Morgan fingerprint density at radius 1 is 1.12 bits per heavy atom. The molecule has 0 aliphatic rings. The third-order valence-corrected chi connectivity index (χ3v) is 4.77. The topological polar surface area (TPSA) is 92.8 Å². The fourth-order valence-corrected chi connectivity index (χ4v) is 3.31. The van der Waals surface area contributed by atoms with Crippen LogP contribution in [0.1, 0.15) is 15.9 Å². The molecule has 0 atom stereocenters. The fourth-order valence-electron chi connectivity index (χ4n) is 2.40. The summed E-state index contributed by atoms with van der Waals surface area (Å²) < 4.78 is 30.0. The van der Waals surface area contributed by atoms with E-state index >= 15 is 0 Å². The van der Waals surface area contributed by atoms with Crippen LogP contribution in [0.5, 0.6) is 0 Å². The first kappa shape index (κ1) is 19.5. The molecule has 0 heterocycles. The van der Waals surface area contributed by atoms with E-state index in [1.807, 2.05) is 0 Å². The molecule has 1 amide bonds. The number of amides is 1. The van der Waals surface area contributed by atoms with Crippen LogP contribution in [0.3, 0.4) is 0 Å². The molecule has 0 radical (unpaired) electrons. The highest BCUT2D eigenvalue weighted by Crippen LogP contribution is 2.22. The molecule has 26 heavy (non-hydrogen) atoms.